The van der Waals surface area contributed by atoms with Crippen molar-refractivity contribution in [1.29, 1.82) is 0 Å². The fourth-order valence-electron chi connectivity index (χ4n) is 1.69. The van der Waals surface area contributed by atoms with Gasteiger partial charge in [0.05, 0.1) is 22.3 Å². The summed E-state index contributed by atoms with van der Waals surface area (Å²) in [6.07, 6.45) is 3.31. The van der Waals surface area contributed by atoms with E-state index in [1.165, 1.54) is 23.5 Å². The number of hydrogen-bond donors (Lipinski definition) is 4. The summed E-state index contributed by atoms with van der Waals surface area (Å²) in [5.41, 5.74) is 11.9. The summed E-state index contributed by atoms with van der Waals surface area (Å²) in [5.74, 6) is -0.0519. The molecule has 0 amide bonds. The number of thiazole rings is 1. The zero-order valence-electron chi connectivity index (χ0n) is 14.5. The highest BCUT2D eigenvalue weighted by molar-refractivity contribution is 7.79. The van der Waals surface area contributed by atoms with Gasteiger partial charge in [0.2, 0.25) is 5.96 Å². The van der Waals surface area contributed by atoms with Gasteiger partial charge in [0.25, 0.3) is 0 Å². The topological polar surface area (TPSA) is 221 Å². The highest BCUT2D eigenvalue weighted by atomic mass is 32.3. The van der Waals surface area contributed by atoms with E-state index in [9.17, 15) is 10.1 Å². The molecule has 2 heterocycles. The Hall–Kier alpha value is -3.14. The van der Waals surface area contributed by atoms with Crippen LogP contribution in [0.1, 0.15) is 28.3 Å². The van der Waals surface area contributed by atoms with E-state index < -0.39 is 15.3 Å². The third-order valence-electron chi connectivity index (χ3n) is 2.64. The SMILES string of the molecule is C/C(=N\N=C(N)N)c1sc(/C=C/c2ccc([N+](=O)[O-])o2)nc1C.O=S(=O)(O)O. The van der Waals surface area contributed by atoms with E-state index in [4.69, 9.17) is 33.4 Å². The minimum Gasteiger partial charge on any atom is -0.401 e. The second-order valence-corrected chi connectivity index (χ2v) is 6.82. The van der Waals surface area contributed by atoms with Gasteiger partial charge in [-0.25, -0.2) is 4.98 Å². The molecular weight excluding hydrogens is 416 g/mol. The summed E-state index contributed by atoms with van der Waals surface area (Å²) < 4.78 is 36.6. The summed E-state index contributed by atoms with van der Waals surface area (Å²) in [6.45, 7) is 3.62. The Bertz CT molecular complexity index is 1020. The molecule has 28 heavy (non-hydrogen) atoms. The van der Waals surface area contributed by atoms with Gasteiger partial charge in [-0.15, -0.1) is 16.4 Å². The van der Waals surface area contributed by atoms with Crippen LogP contribution in [-0.4, -0.2) is 39.1 Å². The van der Waals surface area contributed by atoms with Gasteiger partial charge < -0.3 is 15.9 Å². The van der Waals surface area contributed by atoms with Crippen molar-refractivity contribution in [3.05, 3.63) is 43.6 Å². The van der Waals surface area contributed by atoms with Gasteiger partial charge in [0.15, 0.2) is 0 Å². The van der Waals surface area contributed by atoms with Crippen molar-refractivity contribution in [2.75, 3.05) is 0 Å². The maximum absolute atomic E-state index is 10.6. The molecule has 0 spiro atoms. The fourth-order valence-corrected chi connectivity index (χ4v) is 2.60. The van der Waals surface area contributed by atoms with Crippen LogP contribution in [0.25, 0.3) is 12.2 Å². The van der Waals surface area contributed by atoms with Crippen LogP contribution in [0, 0.1) is 17.0 Å². The number of furan rings is 1. The van der Waals surface area contributed by atoms with E-state index in [-0.39, 0.29) is 11.8 Å². The molecule has 152 valence electrons. The van der Waals surface area contributed by atoms with E-state index in [2.05, 4.69) is 15.2 Å². The van der Waals surface area contributed by atoms with E-state index >= 15 is 0 Å². The lowest BCUT2D eigenvalue weighted by Crippen LogP contribution is -2.22. The van der Waals surface area contributed by atoms with E-state index in [1.807, 2.05) is 6.92 Å². The van der Waals surface area contributed by atoms with Crippen LogP contribution in [0.2, 0.25) is 0 Å². The Kier molecular flexibility index (Phi) is 7.93. The van der Waals surface area contributed by atoms with Crippen LogP contribution < -0.4 is 11.5 Å². The zero-order chi connectivity index (χ0) is 21.5. The molecule has 0 unspecified atom stereocenters. The van der Waals surface area contributed by atoms with Crippen molar-refractivity contribution in [3.63, 3.8) is 0 Å². The molecule has 6 N–H and O–H groups in total. The first-order chi connectivity index (χ1) is 12.9. The summed E-state index contributed by atoms with van der Waals surface area (Å²) in [6, 6.07) is 2.81. The lowest BCUT2D eigenvalue weighted by molar-refractivity contribution is -0.402. The summed E-state index contributed by atoms with van der Waals surface area (Å²) in [5, 5.41) is 18.8. The Labute approximate surface area is 162 Å². The van der Waals surface area contributed by atoms with E-state index in [0.29, 0.717) is 16.5 Å². The molecule has 2 rings (SSSR count). The molecule has 0 aliphatic heterocycles. The van der Waals surface area contributed by atoms with Crippen molar-refractivity contribution in [1.82, 2.24) is 4.98 Å². The molecular formula is C13H16N6O7S2. The molecule has 0 saturated carbocycles. The van der Waals surface area contributed by atoms with Crippen LogP contribution >= 0.6 is 11.3 Å². The van der Waals surface area contributed by atoms with Crippen molar-refractivity contribution in [2.45, 2.75) is 13.8 Å². The Morgan fingerprint density at radius 2 is 1.93 bits per heavy atom. The predicted octanol–water partition coefficient (Wildman–Crippen LogP) is 1.47. The maximum Gasteiger partial charge on any atom is 0.433 e. The smallest absolute Gasteiger partial charge is 0.401 e. The average Bonchev–Trinajstić information content (AvgIpc) is 3.15. The minimum atomic E-state index is -4.67. The quantitative estimate of drug-likeness (QED) is 0.175. The second-order valence-electron chi connectivity index (χ2n) is 4.89. The third kappa shape index (κ3) is 8.49. The molecule has 0 saturated heterocycles. The van der Waals surface area contributed by atoms with Crippen LogP contribution in [0.15, 0.2) is 26.8 Å². The number of nitrogens with two attached hydrogens (primary N) is 2. The van der Waals surface area contributed by atoms with Crippen LogP contribution in [-0.2, 0) is 10.4 Å². The maximum atomic E-state index is 10.6. The van der Waals surface area contributed by atoms with Gasteiger partial charge in [0, 0.05) is 0 Å². The molecule has 0 aliphatic carbocycles. The highest BCUT2D eigenvalue weighted by Crippen LogP contribution is 2.22. The number of hydrogen-bond acceptors (Lipinski definition) is 9. The van der Waals surface area contributed by atoms with Gasteiger partial charge in [-0.2, -0.15) is 13.5 Å². The standard InChI is InChI=1S/C13H14N6O3S.H2O4S/c1-7-12(8(2)17-18-13(14)15)23-10(16-7)5-3-9-4-6-11(22-9)19(20)21;1-5(2,3)4/h3-6H,1-2H3,(H4,14,15,18);(H2,1,2,3,4)/b5-3+,17-8+;. The van der Waals surface area contributed by atoms with Gasteiger partial charge in [-0.1, -0.05) is 0 Å². The number of aryl methyl sites for hydroxylation is 1. The number of nitrogens with zero attached hydrogens (tertiary/aromatic N) is 4. The predicted molar refractivity (Wildman–Crippen MR) is 103 cm³/mol. The average molecular weight is 432 g/mol. The molecule has 13 nitrogen and oxygen atoms in total. The molecule has 0 aliphatic rings. The minimum absolute atomic E-state index is 0.119. The molecule has 0 aromatic carbocycles. The first-order valence-corrected chi connectivity index (χ1v) is 9.31. The number of nitro groups is 1. The first-order valence-electron chi connectivity index (χ1n) is 7.10. The normalized spacial score (nSPS) is 11.8. The van der Waals surface area contributed by atoms with Crippen molar-refractivity contribution in [3.8, 4) is 0 Å². The fraction of sp³-hybridized carbons (Fsp3) is 0.154. The first kappa shape index (κ1) is 22.9. The number of guanidine groups is 1. The van der Waals surface area contributed by atoms with Gasteiger partial charge in [0.1, 0.15) is 15.7 Å². The van der Waals surface area contributed by atoms with Crippen molar-refractivity contribution < 1.29 is 26.9 Å². The molecule has 0 fully saturated rings. The van der Waals surface area contributed by atoms with Crippen LogP contribution in [0.4, 0.5) is 5.88 Å². The van der Waals surface area contributed by atoms with E-state index in [0.717, 1.165) is 10.6 Å². The molecule has 15 heteroatoms. The largest absolute Gasteiger partial charge is 0.433 e. The van der Waals surface area contributed by atoms with Crippen molar-refractivity contribution in [2.24, 2.45) is 21.7 Å². The highest BCUT2D eigenvalue weighted by Gasteiger charge is 2.11. The molecule has 0 radical (unpaired) electrons. The third-order valence-corrected chi connectivity index (χ3v) is 3.87. The summed E-state index contributed by atoms with van der Waals surface area (Å²) in [4.78, 5) is 15.2. The molecule has 0 atom stereocenters. The zero-order valence-corrected chi connectivity index (χ0v) is 16.1. The Balaban J connectivity index is 0.000000696. The van der Waals surface area contributed by atoms with Crippen LogP contribution in [0.5, 0.6) is 0 Å². The lowest BCUT2D eigenvalue weighted by atomic mass is 10.3. The van der Waals surface area contributed by atoms with Gasteiger partial charge in [-0.05, 0) is 32.1 Å². The van der Waals surface area contributed by atoms with E-state index in [1.54, 1.807) is 19.1 Å². The van der Waals surface area contributed by atoms with Crippen molar-refractivity contribution >= 4 is 51.4 Å². The lowest BCUT2D eigenvalue weighted by Gasteiger charge is -1.93. The molecule has 2 aromatic heterocycles. The van der Waals surface area contributed by atoms with Gasteiger partial charge in [-0.3, -0.25) is 19.2 Å². The Morgan fingerprint density at radius 1 is 1.32 bits per heavy atom. The van der Waals surface area contributed by atoms with Crippen LogP contribution in [0.3, 0.4) is 0 Å². The summed E-state index contributed by atoms with van der Waals surface area (Å²) >= 11 is 1.40. The molecule has 0 bridgehead atoms. The number of rotatable bonds is 5. The second kappa shape index (κ2) is 9.70. The van der Waals surface area contributed by atoms with Gasteiger partial charge >= 0.3 is 16.3 Å². The molecule has 2 aromatic rings. The summed E-state index contributed by atoms with van der Waals surface area (Å²) in [7, 11) is -4.67. The Morgan fingerprint density at radius 3 is 2.43 bits per heavy atom. The monoisotopic (exact) mass is 432 g/mol. The number of aromatic nitrogens is 1.